The fraction of sp³-hybridized carbons (Fsp3) is 0.0769. The fourth-order valence-corrected chi connectivity index (χ4v) is 2.03. The first kappa shape index (κ1) is 15.2. The van der Waals surface area contributed by atoms with E-state index in [9.17, 15) is 14.5 Å². The predicted molar refractivity (Wildman–Crippen MR) is 79.3 cm³/mol. The van der Waals surface area contributed by atoms with E-state index in [2.05, 4.69) is 21.4 Å². The van der Waals surface area contributed by atoms with Gasteiger partial charge in [-0.25, -0.2) is 4.39 Å². The zero-order chi connectivity index (χ0) is 15.4. The maximum Gasteiger partial charge on any atom is 0.294 e. The normalized spacial score (nSPS) is 10.2. The number of nitro groups is 1. The topological polar surface area (TPSA) is 90.4 Å². The fourth-order valence-electron chi connectivity index (χ4n) is 1.69. The highest BCUT2D eigenvalue weighted by atomic mass is 79.9. The van der Waals surface area contributed by atoms with Crippen LogP contribution >= 0.6 is 15.9 Å². The van der Waals surface area contributed by atoms with Crippen molar-refractivity contribution in [3.8, 4) is 5.75 Å². The number of hydrogen-bond acceptors (Lipinski definition) is 5. The number of nitrogen functional groups attached to an aromatic ring is 1. The molecule has 6 nitrogen and oxygen atoms in total. The standard InChI is InChI=1S/C13H11BrFN3O3/c14-9-2-4-13(10(15)6-9)21-7-8-1-3-11(17-16)12(5-8)18(19)20/h1-6,17H,7,16H2. The van der Waals surface area contributed by atoms with Crippen LogP contribution in [0, 0.1) is 15.9 Å². The molecule has 0 atom stereocenters. The van der Waals surface area contributed by atoms with E-state index >= 15 is 0 Å². The van der Waals surface area contributed by atoms with Crippen LogP contribution in [0.3, 0.4) is 0 Å². The van der Waals surface area contributed by atoms with E-state index in [4.69, 9.17) is 10.6 Å². The van der Waals surface area contributed by atoms with Crippen LogP contribution in [0.4, 0.5) is 15.8 Å². The Hall–Kier alpha value is -2.19. The summed E-state index contributed by atoms with van der Waals surface area (Å²) in [4.78, 5) is 10.3. The van der Waals surface area contributed by atoms with Crippen molar-refractivity contribution in [1.82, 2.24) is 0 Å². The Kier molecular flexibility index (Phi) is 4.71. The van der Waals surface area contributed by atoms with Gasteiger partial charge >= 0.3 is 0 Å². The maximum atomic E-state index is 13.6. The quantitative estimate of drug-likeness (QED) is 0.487. The van der Waals surface area contributed by atoms with E-state index in [0.717, 1.165) is 0 Å². The average Bonchev–Trinajstić information content (AvgIpc) is 2.46. The summed E-state index contributed by atoms with van der Waals surface area (Å²) in [7, 11) is 0. The Bertz CT molecular complexity index is 682. The second-order valence-corrected chi connectivity index (χ2v) is 5.03. The van der Waals surface area contributed by atoms with Gasteiger partial charge < -0.3 is 10.2 Å². The molecule has 0 aromatic heterocycles. The number of benzene rings is 2. The lowest BCUT2D eigenvalue weighted by Crippen LogP contribution is -2.09. The molecule has 2 aromatic rings. The van der Waals surface area contributed by atoms with Crippen LogP contribution in [-0.2, 0) is 6.61 Å². The van der Waals surface area contributed by atoms with E-state index < -0.39 is 10.7 Å². The number of halogens is 2. The molecule has 3 N–H and O–H groups in total. The molecule has 2 aromatic carbocycles. The molecule has 0 radical (unpaired) electrons. The summed E-state index contributed by atoms with van der Waals surface area (Å²) >= 11 is 3.14. The Morgan fingerprint density at radius 1 is 1.33 bits per heavy atom. The van der Waals surface area contributed by atoms with Gasteiger partial charge in [0.15, 0.2) is 11.6 Å². The Morgan fingerprint density at radius 2 is 2.10 bits per heavy atom. The number of anilines is 1. The second-order valence-electron chi connectivity index (χ2n) is 4.12. The van der Waals surface area contributed by atoms with Crippen LogP contribution < -0.4 is 16.0 Å². The molecule has 0 aliphatic carbocycles. The van der Waals surface area contributed by atoms with Gasteiger partial charge in [-0.15, -0.1) is 0 Å². The smallest absolute Gasteiger partial charge is 0.294 e. The van der Waals surface area contributed by atoms with Crippen molar-refractivity contribution in [2.24, 2.45) is 5.84 Å². The first-order valence-corrected chi connectivity index (χ1v) is 6.62. The molecule has 0 fully saturated rings. The predicted octanol–water partition coefficient (Wildman–Crippen LogP) is 3.36. The molecule has 21 heavy (non-hydrogen) atoms. The monoisotopic (exact) mass is 355 g/mol. The SMILES string of the molecule is NNc1ccc(COc2ccc(Br)cc2F)cc1[N+](=O)[O-]. The average molecular weight is 356 g/mol. The molecule has 0 aliphatic heterocycles. The van der Waals surface area contributed by atoms with Crippen LogP contribution in [-0.4, -0.2) is 4.92 Å². The lowest BCUT2D eigenvalue weighted by Gasteiger charge is -2.09. The van der Waals surface area contributed by atoms with Crippen molar-refractivity contribution in [1.29, 1.82) is 0 Å². The number of ether oxygens (including phenoxy) is 1. The van der Waals surface area contributed by atoms with Crippen molar-refractivity contribution in [2.45, 2.75) is 6.61 Å². The van der Waals surface area contributed by atoms with Gasteiger partial charge in [0.1, 0.15) is 12.3 Å². The lowest BCUT2D eigenvalue weighted by atomic mass is 10.2. The number of nitrogens with zero attached hydrogens (tertiary/aromatic N) is 1. The maximum absolute atomic E-state index is 13.6. The zero-order valence-electron chi connectivity index (χ0n) is 10.7. The minimum Gasteiger partial charge on any atom is -0.486 e. The number of rotatable bonds is 5. The Labute approximate surface area is 128 Å². The first-order chi connectivity index (χ1) is 10.0. The number of nitrogens with one attached hydrogen (secondary N) is 1. The summed E-state index contributed by atoms with van der Waals surface area (Å²) in [6, 6.07) is 8.80. The highest BCUT2D eigenvalue weighted by Crippen LogP contribution is 2.26. The van der Waals surface area contributed by atoms with Gasteiger partial charge in [-0.05, 0) is 29.8 Å². The third-order valence-corrected chi connectivity index (χ3v) is 3.20. The van der Waals surface area contributed by atoms with Crippen molar-refractivity contribution in [3.05, 3.63) is 62.4 Å². The molecule has 0 saturated heterocycles. The molecular formula is C13H11BrFN3O3. The first-order valence-electron chi connectivity index (χ1n) is 5.83. The van der Waals surface area contributed by atoms with Gasteiger partial charge in [-0.3, -0.25) is 16.0 Å². The molecular weight excluding hydrogens is 345 g/mol. The second kappa shape index (κ2) is 6.51. The lowest BCUT2D eigenvalue weighted by molar-refractivity contribution is -0.384. The highest BCUT2D eigenvalue weighted by molar-refractivity contribution is 9.10. The molecule has 0 bridgehead atoms. The van der Waals surface area contributed by atoms with Gasteiger partial charge in [0.25, 0.3) is 5.69 Å². The molecule has 0 spiro atoms. The van der Waals surface area contributed by atoms with Gasteiger partial charge in [0, 0.05) is 10.5 Å². The van der Waals surface area contributed by atoms with Crippen LogP contribution in [0.25, 0.3) is 0 Å². The Balaban J connectivity index is 2.16. The third kappa shape index (κ3) is 3.67. The number of hydrazine groups is 1. The van der Waals surface area contributed by atoms with Gasteiger partial charge in [-0.1, -0.05) is 22.0 Å². The summed E-state index contributed by atoms with van der Waals surface area (Å²) in [5.74, 6) is 4.75. The van der Waals surface area contributed by atoms with Crippen molar-refractivity contribution < 1.29 is 14.1 Å². The van der Waals surface area contributed by atoms with E-state index in [-0.39, 0.29) is 23.7 Å². The largest absolute Gasteiger partial charge is 0.486 e. The Morgan fingerprint density at radius 3 is 2.71 bits per heavy atom. The van der Waals surface area contributed by atoms with Gasteiger partial charge in [0.05, 0.1) is 4.92 Å². The van der Waals surface area contributed by atoms with E-state index in [1.807, 2.05) is 0 Å². The van der Waals surface area contributed by atoms with E-state index in [0.29, 0.717) is 10.0 Å². The molecule has 0 saturated carbocycles. The molecule has 8 heteroatoms. The third-order valence-electron chi connectivity index (χ3n) is 2.70. The number of nitro benzene ring substituents is 1. The summed E-state index contributed by atoms with van der Waals surface area (Å²) < 4.78 is 19.5. The van der Waals surface area contributed by atoms with Crippen LogP contribution in [0.5, 0.6) is 5.75 Å². The van der Waals surface area contributed by atoms with Crippen molar-refractivity contribution >= 4 is 27.3 Å². The molecule has 0 heterocycles. The van der Waals surface area contributed by atoms with E-state index in [1.165, 1.54) is 24.3 Å². The zero-order valence-corrected chi connectivity index (χ0v) is 12.3. The number of nitrogens with two attached hydrogens (primary N) is 1. The minimum absolute atomic E-state index is 0.00421. The van der Waals surface area contributed by atoms with Gasteiger partial charge in [0.2, 0.25) is 0 Å². The molecule has 110 valence electrons. The van der Waals surface area contributed by atoms with Crippen molar-refractivity contribution in [2.75, 3.05) is 5.43 Å². The summed E-state index contributed by atoms with van der Waals surface area (Å²) in [5, 5.41) is 10.9. The highest BCUT2D eigenvalue weighted by Gasteiger charge is 2.14. The molecule has 0 aliphatic rings. The van der Waals surface area contributed by atoms with Crippen LogP contribution in [0.15, 0.2) is 40.9 Å². The van der Waals surface area contributed by atoms with Crippen LogP contribution in [0.1, 0.15) is 5.56 Å². The van der Waals surface area contributed by atoms with Crippen molar-refractivity contribution in [3.63, 3.8) is 0 Å². The summed E-state index contributed by atoms with van der Waals surface area (Å²) in [6.07, 6.45) is 0. The minimum atomic E-state index is -0.557. The molecule has 0 unspecified atom stereocenters. The van der Waals surface area contributed by atoms with Crippen LogP contribution in [0.2, 0.25) is 0 Å². The van der Waals surface area contributed by atoms with E-state index in [1.54, 1.807) is 12.1 Å². The molecule has 2 rings (SSSR count). The van der Waals surface area contributed by atoms with Gasteiger partial charge in [-0.2, -0.15) is 0 Å². The number of hydrogen-bond donors (Lipinski definition) is 2. The summed E-state index contributed by atoms with van der Waals surface area (Å²) in [5.41, 5.74) is 2.80. The summed E-state index contributed by atoms with van der Waals surface area (Å²) in [6.45, 7) is 0.00421. The molecule has 0 amide bonds.